The Morgan fingerprint density at radius 1 is 1.26 bits per heavy atom. The third kappa shape index (κ3) is 4.18. The van der Waals surface area contributed by atoms with Crippen LogP contribution >= 0.6 is 0 Å². The number of rotatable bonds is 4. The summed E-state index contributed by atoms with van der Waals surface area (Å²) >= 11 is 0. The normalized spacial score (nSPS) is 24.1. The summed E-state index contributed by atoms with van der Waals surface area (Å²) in [7, 11) is 0. The van der Waals surface area contributed by atoms with Gasteiger partial charge in [0.1, 0.15) is 11.3 Å². The van der Waals surface area contributed by atoms with Crippen molar-refractivity contribution in [2.75, 3.05) is 45.9 Å². The molecule has 0 radical (unpaired) electrons. The van der Waals surface area contributed by atoms with E-state index in [9.17, 15) is 9.90 Å². The number of β-amino-alcohol motifs (C(OH)–C–C–N with tert-alkyl or cyclic N) is 1. The average Bonchev–Trinajstić information content (AvgIpc) is 3.33. The Balaban J connectivity index is 1.48. The maximum absolute atomic E-state index is 13.0. The molecule has 144 valence electrons. The number of nitrogens with one attached hydrogen (secondary N) is 1. The van der Waals surface area contributed by atoms with Gasteiger partial charge in [0.05, 0.1) is 25.5 Å². The minimum Gasteiger partial charge on any atom is -0.384 e. The minimum absolute atomic E-state index is 0.173. The first kappa shape index (κ1) is 18.1. The molecule has 8 nitrogen and oxygen atoms in total. The highest BCUT2D eigenvalue weighted by Gasteiger charge is 2.37. The lowest BCUT2D eigenvalue weighted by Crippen LogP contribution is -2.53. The Morgan fingerprint density at radius 3 is 2.81 bits per heavy atom. The third-order valence-electron chi connectivity index (χ3n) is 5.15. The van der Waals surface area contributed by atoms with Gasteiger partial charge < -0.3 is 19.6 Å². The fourth-order valence-corrected chi connectivity index (χ4v) is 3.82. The first-order chi connectivity index (χ1) is 13.1. The average molecular weight is 371 g/mol. The van der Waals surface area contributed by atoms with Crippen LogP contribution in [0.1, 0.15) is 23.3 Å². The molecular formula is C19H25N5O3. The van der Waals surface area contributed by atoms with Crippen LogP contribution in [0.15, 0.2) is 30.6 Å². The number of nitrogens with zero attached hydrogens (tertiary/aromatic N) is 4. The smallest absolute Gasteiger partial charge is 0.272 e. The van der Waals surface area contributed by atoms with Gasteiger partial charge in [-0.15, -0.1) is 0 Å². The lowest BCUT2D eigenvalue weighted by atomic mass is 10.0. The lowest BCUT2D eigenvalue weighted by Gasteiger charge is -2.33. The monoisotopic (exact) mass is 371 g/mol. The summed E-state index contributed by atoms with van der Waals surface area (Å²) in [5, 5.41) is 18.1. The molecule has 2 N–H and O–H groups in total. The number of hydrogen-bond donors (Lipinski definition) is 2. The predicted molar refractivity (Wildman–Crippen MR) is 99.2 cm³/mol. The lowest BCUT2D eigenvalue weighted by molar-refractivity contribution is -0.0524. The van der Waals surface area contributed by atoms with Crippen molar-refractivity contribution in [2.45, 2.75) is 18.4 Å². The Kier molecular flexibility index (Phi) is 5.20. The molecule has 27 heavy (non-hydrogen) atoms. The molecule has 2 aromatic heterocycles. The fraction of sp³-hybridized carbons (Fsp3) is 0.526. The fourth-order valence-electron chi connectivity index (χ4n) is 3.82. The highest BCUT2D eigenvalue weighted by Crippen LogP contribution is 2.21. The van der Waals surface area contributed by atoms with Crippen LogP contribution in [0.3, 0.4) is 0 Å². The van der Waals surface area contributed by atoms with Crippen molar-refractivity contribution in [2.24, 2.45) is 0 Å². The first-order valence-electron chi connectivity index (χ1n) is 9.41. The zero-order chi connectivity index (χ0) is 18.7. The molecule has 0 bridgehead atoms. The topological polar surface area (TPSA) is 94.6 Å². The number of carbonyl (C=O) groups excluding carboxylic acids is 1. The van der Waals surface area contributed by atoms with Crippen LogP contribution in [0.2, 0.25) is 0 Å². The molecule has 0 spiro atoms. The Labute approximate surface area is 158 Å². The van der Waals surface area contributed by atoms with Crippen LogP contribution in [-0.4, -0.2) is 87.5 Å². The molecule has 2 saturated heterocycles. The summed E-state index contributed by atoms with van der Waals surface area (Å²) in [5.41, 5.74) is 0.946. The summed E-state index contributed by atoms with van der Waals surface area (Å²) < 4.78 is 5.61. The van der Waals surface area contributed by atoms with E-state index in [-0.39, 0.29) is 19.1 Å². The molecule has 1 amide bonds. The standard InChI is InChI=1S/C19H25N5O3/c25-18(17-11-16(21-22-17)15-3-5-20-6-4-15)24-9-10-27-14-19(26,13-24)12-23-7-1-2-8-23/h3-6,11,26H,1-2,7-10,12-14H2,(H,21,22)/t19-/m1/s1. The number of carbonyl (C=O) groups is 1. The van der Waals surface area contributed by atoms with Crippen LogP contribution in [-0.2, 0) is 4.74 Å². The van der Waals surface area contributed by atoms with E-state index in [4.69, 9.17) is 4.74 Å². The molecule has 0 aliphatic carbocycles. The van der Waals surface area contributed by atoms with Gasteiger partial charge in [0.25, 0.3) is 5.91 Å². The number of likely N-dealkylation sites (tertiary alicyclic amines) is 1. The molecule has 4 rings (SSSR count). The molecule has 8 heteroatoms. The minimum atomic E-state index is -1.05. The Morgan fingerprint density at radius 2 is 2.04 bits per heavy atom. The Hall–Kier alpha value is -2.29. The number of ether oxygens (including phenoxy) is 1. The van der Waals surface area contributed by atoms with E-state index in [1.54, 1.807) is 23.4 Å². The van der Waals surface area contributed by atoms with Gasteiger partial charge in [0.2, 0.25) is 0 Å². The van der Waals surface area contributed by atoms with Crippen molar-refractivity contribution >= 4 is 5.91 Å². The summed E-state index contributed by atoms with van der Waals surface area (Å²) in [4.78, 5) is 20.9. The zero-order valence-corrected chi connectivity index (χ0v) is 15.3. The van der Waals surface area contributed by atoms with Crippen molar-refractivity contribution < 1.29 is 14.6 Å². The van der Waals surface area contributed by atoms with Crippen LogP contribution in [0.25, 0.3) is 11.3 Å². The number of hydrogen-bond acceptors (Lipinski definition) is 6. The summed E-state index contributed by atoms with van der Waals surface area (Å²) in [6.07, 6.45) is 5.70. The van der Waals surface area contributed by atoms with E-state index in [0.717, 1.165) is 31.5 Å². The molecule has 2 fully saturated rings. The van der Waals surface area contributed by atoms with Crippen molar-refractivity contribution in [1.82, 2.24) is 25.0 Å². The highest BCUT2D eigenvalue weighted by atomic mass is 16.5. The van der Waals surface area contributed by atoms with Gasteiger partial charge >= 0.3 is 0 Å². The Bertz CT molecular complexity index is 775. The quantitative estimate of drug-likeness (QED) is 0.825. The second kappa shape index (κ2) is 7.75. The van der Waals surface area contributed by atoms with Crippen LogP contribution in [0, 0.1) is 0 Å². The van der Waals surface area contributed by atoms with E-state index in [2.05, 4.69) is 20.1 Å². The molecule has 0 saturated carbocycles. The molecule has 2 aromatic rings. The largest absolute Gasteiger partial charge is 0.384 e. The van der Waals surface area contributed by atoms with E-state index >= 15 is 0 Å². The van der Waals surface area contributed by atoms with Crippen molar-refractivity contribution in [3.8, 4) is 11.3 Å². The van der Waals surface area contributed by atoms with Crippen LogP contribution in [0.4, 0.5) is 0 Å². The molecule has 4 heterocycles. The number of aromatic amines is 1. The summed E-state index contributed by atoms with van der Waals surface area (Å²) in [5.74, 6) is -0.173. The van der Waals surface area contributed by atoms with Crippen molar-refractivity contribution in [3.63, 3.8) is 0 Å². The third-order valence-corrected chi connectivity index (χ3v) is 5.15. The van der Waals surface area contributed by atoms with Gasteiger partial charge in [0.15, 0.2) is 0 Å². The molecular weight excluding hydrogens is 346 g/mol. The van der Waals surface area contributed by atoms with Crippen LogP contribution < -0.4 is 0 Å². The summed E-state index contributed by atoms with van der Waals surface area (Å²) in [6.45, 7) is 3.88. The maximum Gasteiger partial charge on any atom is 0.272 e. The predicted octanol–water partition coefficient (Wildman–Crippen LogP) is 0.771. The number of aromatic nitrogens is 3. The van der Waals surface area contributed by atoms with Crippen LogP contribution in [0.5, 0.6) is 0 Å². The van der Waals surface area contributed by atoms with Gasteiger partial charge in [-0.3, -0.25) is 14.9 Å². The zero-order valence-electron chi connectivity index (χ0n) is 15.3. The van der Waals surface area contributed by atoms with E-state index in [1.165, 1.54) is 0 Å². The van der Waals surface area contributed by atoms with Gasteiger partial charge in [-0.1, -0.05) is 0 Å². The summed E-state index contributed by atoms with van der Waals surface area (Å²) in [6, 6.07) is 5.43. The van der Waals surface area contributed by atoms with Crippen molar-refractivity contribution in [1.29, 1.82) is 0 Å². The van der Waals surface area contributed by atoms with Gasteiger partial charge in [-0.05, 0) is 44.1 Å². The number of pyridine rings is 1. The van der Waals surface area contributed by atoms with Crippen molar-refractivity contribution in [3.05, 3.63) is 36.3 Å². The number of aliphatic hydroxyl groups is 1. The maximum atomic E-state index is 13.0. The van der Waals surface area contributed by atoms with E-state index in [1.807, 2.05) is 12.1 Å². The first-order valence-corrected chi connectivity index (χ1v) is 9.41. The SMILES string of the molecule is O=C(c1cc(-c2ccncc2)n[nH]1)N1CCOC[C@@](O)(CN2CCCC2)C1. The molecule has 0 unspecified atom stereocenters. The molecule has 2 aliphatic rings. The van der Waals surface area contributed by atoms with Gasteiger partial charge in [0, 0.05) is 31.0 Å². The second-order valence-corrected chi connectivity index (χ2v) is 7.39. The molecule has 2 aliphatic heterocycles. The van der Waals surface area contributed by atoms with Gasteiger partial charge in [-0.25, -0.2) is 0 Å². The molecule has 1 atom stereocenters. The second-order valence-electron chi connectivity index (χ2n) is 7.39. The van der Waals surface area contributed by atoms with E-state index < -0.39 is 5.60 Å². The number of H-pyrrole nitrogens is 1. The van der Waals surface area contributed by atoms with Gasteiger partial charge in [-0.2, -0.15) is 5.10 Å². The van der Waals surface area contributed by atoms with E-state index in [0.29, 0.717) is 31.1 Å². The molecule has 0 aromatic carbocycles. The highest BCUT2D eigenvalue weighted by molar-refractivity contribution is 5.93. The number of amides is 1.